The van der Waals surface area contributed by atoms with E-state index in [2.05, 4.69) is 17.1 Å². The molecule has 0 unspecified atom stereocenters. The van der Waals surface area contributed by atoms with Crippen LogP contribution in [0.25, 0.3) is 0 Å². The number of piperazine rings is 1. The fourth-order valence-electron chi connectivity index (χ4n) is 4.19. The van der Waals surface area contributed by atoms with Gasteiger partial charge in [0.15, 0.2) is 0 Å². The van der Waals surface area contributed by atoms with E-state index >= 15 is 0 Å². The highest BCUT2D eigenvalue weighted by Gasteiger charge is 2.36. The van der Waals surface area contributed by atoms with E-state index in [0.29, 0.717) is 36.9 Å². The number of hydrogen-bond donors (Lipinski definition) is 0. The zero-order valence-corrected chi connectivity index (χ0v) is 17.5. The Hall–Kier alpha value is -1.44. The molecule has 3 aliphatic rings. The van der Waals surface area contributed by atoms with Crippen LogP contribution in [0.4, 0.5) is 0 Å². The molecule has 1 atom stereocenters. The summed E-state index contributed by atoms with van der Waals surface area (Å²) in [6, 6.07) is 1.53. The fourth-order valence-corrected chi connectivity index (χ4v) is 6.09. The minimum Gasteiger partial charge on any atom is -0.340 e. The minimum atomic E-state index is -3.67. The van der Waals surface area contributed by atoms with Crippen molar-refractivity contribution in [3.8, 4) is 0 Å². The third-order valence-corrected chi connectivity index (χ3v) is 8.26. The van der Waals surface area contributed by atoms with E-state index in [4.69, 9.17) is 11.6 Å². The number of aromatic nitrogens is 1. The van der Waals surface area contributed by atoms with Crippen molar-refractivity contribution >= 4 is 27.5 Å². The topological polar surface area (TPSA) is 70.6 Å². The van der Waals surface area contributed by atoms with Gasteiger partial charge in [0.25, 0.3) is 0 Å². The van der Waals surface area contributed by atoms with Gasteiger partial charge >= 0.3 is 0 Å². The number of pyridine rings is 1. The van der Waals surface area contributed by atoms with E-state index < -0.39 is 10.0 Å². The Kier molecular flexibility index (Phi) is 5.76. The van der Waals surface area contributed by atoms with E-state index in [9.17, 15) is 13.2 Å². The lowest BCUT2D eigenvalue weighted by molar-refractivity contribution is -0.137. The number of hydrogen-bond acceptors (Lipinski definition) is 4. The first kappa shape index (κ1) is 19.9. The summed E-state index contributed by atoms with van der Waals surface area (Å²) < 4.78 is 28.1. The molecule has 2 heterocycles. The molecule has 0 aromatic carbocycles. The average molecular weight is 424 g/mol. The molecular formula is C20H26ClN3O3S. The Balaban J connectivity index is 1.47. The third-order valence-electron chi connectivity index (χ3n) is 6.13. The largest absolute Gasteiger partial charge is 0.340 e. The molecule has 0 spiro atoms. The number of allylic oxidation sites excluding steroid dienone is 2. The zero-order chi connectivity index (χ0) is 19.7. The number of halogens is 1. The normalized spacial score (nSPS) is 24.2. The third kappa shape index (κ3) is 3.84. The fraction of sp³-hybridized carbons (Fsp3) is 0.600. The Morgan fingerprint density at radius 1 is 1.11 bits per heavy atom. The van der Waals surface area contributed by atoms with Crippen LogP contribution >= 0.6 is 11.6 Å². The number of carbonyl (C=O) groups excluding carboxylic acids is 1. The van der Waals surface area contributed by atoms with Gasteiger partial charge in [0, 0.05) is 44.2 Å². The Bertz CT molecular complexity index is 875. The summed E-state index contributed by atoms with van der Waals surface area (Å²) in [6.07, 6.45) is 11.4. The molecule has 28 heavy (non-hydrogen) atoms. The van der Waals surface area contributed by atoms with E-state index in [1.807, 2.05) is 4.90 Å². The number of carbonyl (C=O) groups is 1. The zero-order valence-electron chi connectivity index (χ0n) is 15.9. The highest BCUT2D eigenvalue weighted by Crippen LogP contribution is 2.39. The van der Waals surface area contributed by atoms with Crippen LogP contribution in [0.2, 0.25) is 5.02 Å². The van der Waals surface area contributed by atoms with Gasteiger partial charge in [-0.2, -0.15) is 4.31 Å². The molecule has 1 aliphatic heterocycles. The van der Waals surface area contributed by atoms with Crippen LogP contribution in [0.5, 0.6) is 0 Å². The molecule has 4 rings (SSSR count). The lowest BCUT2D eigenvalue weighted by atomic mass is 9.83. The highest BCUT2D eigenvalue weighted by atomic mass is 35.5. The van der Waals surface area contributed by atoms with Crippen LogP contribution in [-0.4, -0.2) is 54.7 Å². The van der Waals surface area contributed by atoms with Crippen molar-refractivity contribution in [3.05, 3.63) is 35.1 Å². The van der Waals surface area contributed by atoms with Crippen LogP contribution in [0.15, 0.2) is 29.3 Å². The lowest BCUT2D eigenvalue weighted by Gasteiger charge is -2.36. The molecule has 2 aliphatic carbocycles. The molecule has 1 amide bonds. The lowest BCUT2D eigenvalue weighted by Crippen LogP contribution is -2.52. The maximum absolute atomic E-state index is 13.3. The van der Waals surface area contributed by atoms with Crippen LogP contribution in [-0.2, 0) is 14.8 Å². The van der Waals surface area contributed by atoms with Crippen LogP contribution < -0.4 is 0 Å². The molecule has 0 bridgehead atoms. The van der Waals surface area contributed by atoms with Crippen molar-refractivity contribution in [1.29, 1.82) is 0 Å². The second kappa shape index (κ2) is 8.13. The molecule has 1 aromatic rings. The standard InChI is InChI=1S/C20H26ClN3O3S/c21-17-13-18(19(22-14-17)15-7-4-8-15)28(26,27)24-11-9-23(10-12-24)20(25)16-5-2-1-3-6-16/h1-2,13-16H,3-12H2/t16-/m1/s1. The first-order valence-electron chi connectivity index (χ1n) is 10.1. The predicted molar refractivity (Wildman–Crippen MR) is 108 cm³/mol. The summed E-state index contributed by atoms with van der Waals surface area (Å²) in [5.74, 6) is 0.390. The van der Waals surface area contributed by atoms with Gasteiger partial charge in [-0.3, -0.25) is 9.78 Å². The number of rotatable bonds is 4. The molecule has 0 N–H and O–H groups in total. The van der Waals surface area contributed by atoms with Gasteiger partial charge in [-0.1, -0.05) is 30.2 Å². The Labute approximate surface area is 171 Å². The Morgan fingerprint density at radius 3 is 2.46 bits per heavy atom. The van der Waals surface area contributed by atoms with Crippen molar-refractivity contribution in [2.45, 2.75) is 49.3 Å². The molecule has 8 heteroatoms. The highest BCUT2D eigenvalue weighted by molar-refractivity contribution is 7.89. The number of amides is 1. The summed E-state index contributed by atoms with van der Waals surface area (Å²) in [6.45, 7) is 1.50. The molecule has 1 aromatic heterocycles. The second-order valence-corrected chi connectivity index (χ2v) is 10.2. The number of sulfonamides is 1. The van der Waals surface area contributed by atoms with Crippen LogP contribution in [0.1, 0.15) is 50.1 Å². The molecular weight excluding hydrogens is 398 g/mol. The average Bonchev–Trinajstić information content (AvgIpc) is 2.68. The van der Waals surface area contributed by atoms with Crippen molar-refractivity contribution in [2.24, 2.45) is 5.92 Å². The summed E-state index contributed by atoms with van der Waals surface area (Å²) >= 11 is 6.07. The van der Waals surface area contributed by atoms with Crippen molar-refractivity contribution < 1.29 is 13.2 Å². The maximum Gasteiger partial charge on any atom is 0.245 e. The van der Waals surface area contributed by atoms with Gasteiger partial charge in [0.2, 0.25) is 15.9 Å². The summed E-state index contributed by atoms with van der Waals surface area (Å²) in [7, 11) is -3.67. The molecule has 152 valence electrons. The van der Waals surface area contributed by atoms with Gasteiger partial charge in [-0.05, 0) is 38.2 Å². The first-order chi connectivity index (χ1) is 13.5. The second-order valence-electron chi connectivity index (χ2n) is 7.88. The SMILES string of the molecule is O=C([C@@H]1CC=CCC1)N1CCN(S(=O)(=O)c2cc(Cl)cnc2C2CCC2)CC1. The summed E-state index contributed by atoms with van der Waals surface area (Å²) in [5.41, 5.74) is 0.642. The van der Waals surface area contributed by atoms with Crippen molar-refractivity contribution in [2.75, 3.05) is 26.2 Å². The molecule has 1 saturated heterocycles. The van der Waals surface area contributed by atoms with Gasteiger partial charge in [0.05, 0.1) is 10.7 Å². The quantitative estimate of drug-likeness (QED) is 0.697. The van der Waals surface area contributed by atoms with E-state index in [1.165, 1.54) is 16.6 Å². The van der Waals surface area contributed by atoms with E-state index in [1.54, 1.807) is 0 Å². The van der Waals surface area contributed by atoms with Crippen LogP contribution in [0, 0.1) is 5.92 Å². The summed E-state index contributed by atoms with van der Waals surface area (Å²) in [4.78, 5) is 19.1. The molecule has 0 radical (unpaired) electrons. The van der Waals surface area contributed by atoms with Crippen LogP contribution in [0.3, 0.4) is 0 Å². The van der Waals surface area contributed by atoms with E-state index in [-0.39, 0.29) is 22.6 Å². The van der Waals surface area contributed by atoms with Crippen molar-refractivity contribution in [1.82, 2.24) is 14.2 Å². The van der Waals surface area contributed by atoms with E-state index in [0.717, 1.165) is 38.5 Å². The molecule has 2 fully saturated rings. The first-order valence-corrected chi connectivity index (χ1v) is 11.9. The Morgan fingerprint density at radius 2 is 1.86 bits per heavy atom. The minimum absolute atomic E-state index is 0.0375. The number of nitrogens with zero attached hydrogens (tertiary/aromatic N) is 3. The van der Waals surface area contributed by atoms with Gasteiger partial charge in [-0.25, -0.2) is 8.42 Å². The summed E-state index contributed by atoms with van der Waals surface area (Å²) in [5, 5.41) is 0.334. The smallest absolute Gasteiger partial charge is 0.245 e. The predicted octanol–water partition coefficient (Wildman–Crippen LogP) is 3.19. The van der Waals surface area contributed by atoms with Crippen molar-refractivity contribution in [3.63, 3.8) is 0 Å². The van der Waals surface area contributed by atoms with Gasteiger partial charge in [0.1, 0.15) is 4.90 Å². The van der Waals surface area contributed by atoms with Gasteiger partial charge in [-0.15, -0.1) is 0 Å². The molecule has 1 saturated carbocycles. The molecule has 6 nitrogen and oxygen atoms in total. The maximum atomic E-state index is 13.3. The monoisotopic (exact) mass is 423 g/mol. The van der Waals surface area contributed by atoms with Gasteiger partial charge < -0.3 is 4.90 Å².